The van der Waals surface area contributed by atoms with E-state index in [0.717, 1.165) is 0 Å². The van der Waals surface area contributed by atoms with Crippen LogP contribution in [0.4, 0.5) is 8.78 Å². The van der Waals surface area contributed by atoms with Crippen molar-refractivity contribution in [1.82, 2.24) is 10.2 Å². The minimum absolute atomic E-state index is 0.127. The second kappa shape index (κ2) is 9.14. The fourth-order valence-corrected chi connectivity index (χ4v) is 2.99. The molecule has 0 saturated carbocycles. The van der Waals surface area contributed by atoms with Crippen LogP contribution in [0.2, 0.25) is 0 Å². The second-order valence-corrected chi connectivity index (χ2v) is 6.65. The molecule has 3 rings (SSSR count). The van der Waals surface area contributed by atoms with Crippen molar-refractivity contribution in [2.75, 3.05) is 13.6 Å². The number of likely N-dealkylation sites (N-methyl/N-ethyl adjacent to an activating group) is 1. The summed E-state index contributed by atoms with van der Waals surface area (Å²) in [5.41, 5.74) is 1.20. The highest BCUT2D eigenvalue weighted by Crippen LogP contribution is 2.20. The molecule has 0 spiro atoms. The van der Waals surface area contributed by atoms with Crippen LogP contribution in [0.25, 0.3) is 0 Å². The quantitative estimate of drug-likeness (QED) is 0.660. The van der Waals surface area contributed by atoms with Crippen molar-refractivity contribution < 1.29 is 22.8 Å². The Labute approximate surface area is 166 Å². The highest BCUT2D eigenvalue weighted by Gasteiger charge is 2.21. The van der Waals surface area contributed by atoms with Gasteiger partial charge in [-0.05, 0) is 53.9 Å². The summed E-state index contributed by atoms with van der Waals surface area (Å²) in [6.07, 6.45) is 1.64. The van der Waals surface area contributed by atoms with E-state index in [-0.39, 0.29) is 18.7 Å². The second-order valence-electron chi connectivity index (χ2n) is 6.65. The zero-order valence-electron chi connectivity index (χ0n) is 15.8. The number of nitrogens with zero attached hydrogens (tertiary/aromatic N) is 1. The van der Waals surface area contributed by atoms with Gasteiger partial charge in [-0.25, -0.2) is 8.78 Å². The Morgan fingerprint density at radius 2 is 1.76 bits per heavy atom. The lowest BCUT2D eigenvalue weighted by Gasteiger charge is -2.22. The lowest BCUT2D eigenvalue weighted by atomic mass is 9.98. The lowest BCUT2D eigenvalue weighted by Crippen LogP contribution is -2.40. The SMILES string of the molecule is CN(CC(=O)NC(Cc1cccc(F)c1)c1cccc(F)c1)C(=O)c1ccco1. The summed E-state index contributed by atoms with van der Waals surface area (Å²) in [6.45, 7) is -0.214. The van der Waals surface area contributed by atoms with E-state index in [0.29, 0.717) is 11.1 Å². The Bertz CT molecular complexity index is 989. The molecule has 0 fully saturated rings. The zero-order chi connectivity index (χ0) is 20.8. The predicted octanol–water partition coefficient (Wildman–Crippen LogP) is 3.73. The zero-order valence-corrected chi connectivity index (χ0v) is 15.8. The summed E-state index contributed by atoms with van der Waals surface area (Å²) in [5.74, 6) is -1.57. The van der Waals surface area contributed by atoms with Gasteiger partial charge in [0.25, 0.3) is 5.91 Å². The van der Waals surface area contributed by atoms with E-state index in [9.17, 15) is 18.4 Å². The number of amides is 2. The van der Waals surface area contributed by atoms with Crippen LogP contribution in [0.15, 0.2) is 71.3 Å². The van der Waals surface area contributed by atoms with Crippen molar-refractivity contribution in [1.29, 1.82) is 0 Å². The van der Waals surface area contributed by atoms with Gasteiger partial charge in [-0.1, -0.05) is 24.3 Å². The summed E-state index contributed by atoms with van der Waals surface area (Å²) in [7, 11) is 1.48. The van der Waals surface area contributed by atoms with Gasteiger partial charge in [0, 0.05) is 7.05 Å². The molecule has 0 aliphatic rings. The summed E-state index contributed by atoms with van der Waals surface area (Å²) in [5, 5.41) is 2.81. The third-order valence-electron chi connectivity index (χ3n) is 4.37. The molecule has 0 saturated heterocycles. The monoisotopic (exact) mass is 398 g/mol. The maximum atomic E-state index is 13.7. The van der Waals surface area contributed by atoms with Crippen LogP contribution in [0, 0.1) is 11.6 Å². The first-order valence-corrected chi connectivity index (χ1v) is 9.00. The van der Waals surface area contributed by atoms with Gasteiger partial charge in [-0.2, -0.15) is 0 Å². The Balaban J connectivity index is 1.73. The van der Waals surface area contributed by atoms with E-state index in [4.69, 9.17) is 4.42 Å². The number of halogens is 2. The molecule has 5 nitrogen and oxygen atoms in total. The highest BCUT2D eigenvalue weighted by atomic mass is 19.1. The van der Waals surface area contributed by atoms with Gasteiger partial charge < -0.3 is 14.6 Å². The molecule has 1 atom stereocenters. The van der Waals surface area contributed by atoms with Gasteiger partial charge in [0.2, 0.25) is 5.91 Å². The highest BCUT2D eigenvalue weighted by molar-refractivity contribution is 5.94. The molecule has 1 heterocycles. The molecule has 1 aromatic heterocycles. The number of carbonyl (C=O) groups is 2. The topological polar surface area (TPSA) is 62.6 Å². The van der Waals surface area contributed by atoms with Crippen LogP contribution in [0.1, 0.15) is 27.7 Å². The molecule has 1 unspecified atom stereocenters. The third-order valence-corrected chi connectivity index (χ3v) is 4.37. The Morgan fingerprint density at radius 1 is 1.03 bits per heavy atom. The standard InChI is InChI=1S/C22H20F2N2O3/c1-26(22(28)20-9-4-10-29-20)14-21(27)25-19(16-6-3-8-18(24)13-16)12-15-5-2-7-17(23)11-15/h2-11,13,19H,12,14H2,1H3,(H,25,27). The Kier molecular flexibility index (Phi) is 6.39. The first-order chi connectivity index (χ1) is 13.9. The molecule has 2 amide bonds. The van der Waals surface area contributed by atoms with E-state index < -0.39 is 29.5 Å². The summed E-state index contributed by atoms with van der Waals surface area (Å²) in [4.78, 5) is 26.0. The molecule has 0 aliphatic heterocycles. The molecule has 29 heavy (non-hydrogen) atoms. The van der Waals surface area contributed by atoms with Gasteiger partial charge in [0.05, 0.1) is 18.8 Å². The van der Waals surface area contributed by atoms with Gasteiger partial charge in [0.1, 0.15) is 11.6 Å². The maximum Gasteiger partial charge on any atom is 0.289 e. The van der Waals surface area contributed by atoms with Crippen molar-refractivity contribution in [2.45, 2.75) is 12.5 Å². The molecule has 2 aromatic carbocycles. The first-order valence-electron chi connectivity index (χ1n) is 9.00. The van der Waals surface area contributed by atoms with E-state index in [2.05, 4.69) is 5.32 Å². The van der Waals surface area contributed by atoms with Gasteiger partial charge in [0.15, 0.2) is 5.76 Å². The summed E-state index contributed by atoms with van der Waals surface area (Å²) < 4.78 is 32.3. The number of furan rings is 1. The van der Waals surface area contributed by atoms with Gasteiger partial charge in [-0.3, -0.25) is 9.59 Å². The van der Waals surface area contributed by atoms with Crippen molar-refractivity contribution >= 4 is 11.8 Å². The van der Waals surface area contributed by atoms with Gasteiger partial charge >= 0.3 is 0 Å². The summed E-state index contributed by atoms with van der Waals surface area (Å²) in [6, 6.07) is 14.4. The van der Waals surface area contributed by atoms with Crippen LogP contribution in [-0.4, -0.2) is 30.3 Å². The normalized spacial score (nSPS) is 11.7. The minimum Gasteiger partial charge on any atom is -0.459 e. The molecule has 3 aromatic rings. The first kappa shape index (κ1) is 20.3. The fourth-order valence-electron chi connectivity index (χ4n) is 2.99. The molecular weight excluding hydrogens is 378 g/mol. The van der Waals surface area contributed by atoms with Crippen molar-refractivity contribution in [2.24, 2.45) is 0 Å². The van der Waals surface area contributed by atoms with Gasteiger partial charge in [-0.15, -0.1) is 0 Å². The Morgan fingerprint density at radius 3 is 2.41 bits per heavy atom. The van der Waals surface area contributed by atoms with E-state index >= 15 is 0 Å². The van der Waals surface area contributed by atoms with E-state index in [1.165, 1.54) is 48.5 Å². The maximum absolute atomic E-state index is 13.7. The number of rotatable bonds is 7. The summed E-state index contributed by atoms with van der Waals surface area (Å²) >= 11 is 0. The van der Waals surface area contributed by atoms with Crippen molar-refractivity contribution in [3.05, 3.63) is 95.4 Å². The van der Waals surface area contributed by atoms with Crippen LogP contribution >= 0.6 is 0 Å². The molecular formula is C22H20F2N2O3. The molecule has 0 bridgehead atoms. The van der Waals surface area contributed by atoms with Crippen LogP contribution in [0.5, 0.6) is 0 Å². The molecule has 0 radical (unpaired) electrons. The number of nitrogens with one attached hydrogen (secondary N) is 1. The number of hydrogen-bond donors (Lipinski definition) is 1. The molecule has 1 N–H and O–H groups in total. The van der Waals surface area contributed by atoms with E-state index in [1.54, 1.807) is 30.3 Å². The average molecular weight is 398 g/mol. The van der Waals surface area contributed by atoms with Crippen molar-refractivity contribution in [3.8, 4) is 0 Å². The van der Waals surface area contributed by atoms with Crippen LogP contribution in [-0.2, 0) is 11.2 Å². The lowest BCUT2D eigenvalue weighted by molar-refractivity contribution is -0.122. The van der Waals surface area contributed by atoms with Crippen molar-refractivity contribution in [3.63, 3.8) is 0 Å². The molecule has 7 heteroatoms. The van der Waals surface area contributed by atoms with E-state index in [1.807, 2.05) is 0 Å². The number of benzene rings is 2. The minimum atomic E-state index is -0.591. The Hall–Kier alpha value is -3.48. The van der Waals surface area contributed by atoms with Crippen LogP contribution in [0.3, 0.4) is 0 Å². The smallest absolute Gasteiger partial charge is 0.289 e. The molecule has 150 valence electrons. The molecule has 0 aliphatic carbocycles. The predicted molar refractivity (Wildman–Crippen MR) is 103 cm³/mol. The average Bonchev–Trinajstić information content (AvgIpc) is 3.21. The largest absolute Gasteiger partial charge is 0.459 e. The fraction of sp³-hybridized carbons (Fsp3) is 0.182. The number of hydrogen-bond acceptors (Lipinski definition) is 3. The van der Waals surface area contributed by atoms with Crippen LogP contribution < -0.4 is 5.32 Å². The third kappa shape index (κ3) is 5.51. The number of carbonyl (C=O) groups excluding carboxylic acids is 2.